The van der Waals surface area contributed by atoms with Gasteiger partial charge in [0.15, 0.2) is 5.65 Å². The van der Waals surface area contributed by atoms with Crippen molar-refractivity contribution in [2.75, 3.05) is 0 Å². The van der Waals surface area contributed by atoms with Crippen LogP contribution in [0, 0.1) is 20.8 Å². The van der Waals surface area contributed by atoms with Crippen LogP contribution < -0.4 is 0 Å². The largest absolute Gasteiger partial charge is 0.280 e. The maximum Gasteiger partial charge on any atom is 0.163 e. The molecule has 0 bridgehead atoms. The minimum atomic E-state index is 0.380. The predicted molar refractivity (Wildman–Crippen MR) is 86.3 cm³/mol. The third-order valence-corrected chi connectivity index (χ3v) is 4.04. The van der Waals surface area contributed by atoms with Crippen LogP contribution in [0.4, 0.5) is 0 Å². The minimum Gasteiger partial charge on any atom is -0.280 e. The Morgan fingerprint density at radius 1 is 1.19 bits per heavy atom. The predicted octanol–water partition coefficient (Wildman–Crippen LogP) is 3.91. The molecular weight excluding hydrogens is 284 g/mol. The van der Waals surface area contributed by atoms with Gasteiger partial charge >= 0.3 is 0 Å². The summed E-state index contributed by atoms with van der Waals surface area (Å²) in [6.45, 7) is 9.10. The fraction of sp³-hybridized carbons (Fsp3) is 0.375. The quantitative estimate of drug-likeness (QED) is 0.688. The van der Waals surface area contributed by atoms with Crippen molar-refractivity contribution in [3.8, 4) is 5.69 Å². The zero-order valence-electron chi connectivity index (χ0n) is 12.8. The van der Waals surface area contributed by atoms with Crippen molar-refractivity contribution in [3.63, 3.8) is 0 Å². The molecule has 2 aromatic heterocycles. The lowest BCUT2D eigenvalue weighted by atomic mass is 10.1. The molecule has 4 nitrogen and oxygen atoms in total. The zero-order valence-corrected chi connectivity index (χ0v) is 13.6. The number of rotatable bonds is 3. The van der Waals surface area contributed by atoms with Gasteiger partial charge in [0.1, 0.15) is 11.3 Å². The highest BCUT2D eigenvalue weighted by Gasteiger charge is 2.19. The molecule has 3 rings (SSSR count). The fourth-order valence-corrected chi connectivity index (χ4v) is 2.92. The minimum absolute atomic E-state index is 0.380. The van der Waals surface area contributed by atoms with E-state index in [9.17, 15) is 0 Å². The van der Waals surface area contributed by atoms with Gasteiger partial charge in [0, 0.05) is 6.54 Å². The number of halogens is 1. The topological polar surface area (TPSA) is 35.6 Å². The van der Waals surface area contributed by atoms with E-state index >= 15 is 0 Å². The summed E-state index contributed by atoms with van der Waals surface area (Å²) < 4.78 is 4.14. The molecule has 1 aromatic carbocycles. The summed E-state index contributed by atoms with van der Waals surface area (Å²) in [5.41, 5.74) is 6.46. The molecule has 0 saturated heterocycles. The fourth-order valence-electron chi connectivity index (χ4n) is 2.74. The van der Waals surface area contributed by atoms with Crippen LogP contribution in [0.3, 0.4) is 0 Å². The van der Waals surface area contributed by atoms with Crippen LogP contribution in [0.5, 0.6) is 0 Å². The van der Waals surface area contributed by atoms with Gasteiger partial charge in [0.05, 0.1) is 17.3 Å². The van der Waals surface area contributed by atoms with Crippen LogP contribution in [0.2, 0.25) is 0 Å². The second-order valence-corrected chi connectivity index (χ2v) is 5.63. The second kappa shape index (κ2) is 5.19. The van der Waals surface area contributed by atoms with Gasteiger partial charge in [-0.15, -0.1) is 11.6 Å². The van der Waals surface area contributed by atoms with E-state index in [0.717, 1.165) is 34.9 Å². The van der Waals surface area contributed by atoms with Crippen LogP contribution in [0.15, 0.2) is 18.2 Å². The lowest BCUT2D eigenvalue weighted by Gasteiger charge is -2.13. The number of nitrogens with zero attached hydrogens (tertiary/aromatic N) is 4. The van der Waals surface area contributed by atoms with E-state index in [1.807, 2.05) is 11.6 Å². The first-order valence-electron chi connectivity index (χ1n) is 7.15. The van der Waals surface area contributed by atoms with Crippen molar-refractivity contribution < 1.29 is 0 Å². The van der Waals surface area contributed by atoms with E-state index < -0.39 is 0 Å². The van der Waals surface area contributed by atoms with E-state index in [2.05, 4.69) is 48.6 Å². The standard InChI is InChI=1S/C16H19ClN4/c1-5-20-16-15(12(4)19-20)18-14(9-17)21(16)13-8-10(2)6-7-11(13)3/h6-8H,5,9H2,1-4H3. The van der Waals surface area contributed by atoms with Crippen LogP contribution in [0.25, 0.3) is 16.9 Å². The molecule has 0 N–H and O–H groups in total. The summed E-state index contributed by atoms with van der Waals surface area (Å²) >= 11 is 6.14. The Morgan fingerprint density at radius 3 is 2.62 bits per heavy atom. The van der Waals surface area contributed by atoms with Gasteiger partial charge in [0.25, 0.3) is 0 Å². The first-order chi connectivity index (χ1) is 10.1. The summed E-state index contributed by atoms with van der Waals surface area (Å²) in [6, 6.07) is 6.43. The summed E-state index contributed by atoms with van der Waals surface area (Å²) in [4.78, 5) is 4.69. The highest BCUT2D eigenvalue weighted by molar-refractivity contribution is 6.17. The van der Waals surface area contributed by atoms with Crippen LogP contribution in [-0.4, -0.2) is 19.3 Å². The van der Waals surface area contributed by atoms with Crippen molar-refractivity contribution in [2.24, 2.45) is 0 Å². The van der Waals surface area contributed by atoms with Crippen LogP contribution >= 0.6 is 11.6 Å². The first-order valence-corrected chi connectivity index (χ1v) is 7.68. The molecule has 0 fully saturated rings. The molecule has 0 aliphatic heterocycles. The van der Waals surface area contributed by atoms with Crippen molar-refractivity contribution in [2.45, 2.75) is 40.1 Å². The van der Waals surface area contributed by atoms with Gasteiger partial charge in [-0.05, 0) is 44.9 Å². The highest BCUT2D eigenvalue weighted by atomic mass is 35.5. The highest BCUT2D eigenvalue weighted by Crippen LogP contribution is 2.27. The van der Waals surface area contributed by atoms with Gasteiger partial charge in [-0.25, -0.2) is 9.67 Å². The molecule has 0 aliphatic carbocycles. The number of aryl methyl sites for hydroxylation is 4. The number of hydrogen-bond donors (Lipinski definition) is 0. The Kier molecular flexibility index (Phi) is 3.49. The summed E-state index contributed by atoms with van der Waals surface area (Å²) in [6.07, 6.45) is 0. The molecule has 0 unspecified atom stereocenters. The Morgan fingerprint density at radius 2 is 1.95 bits per heavy atom. The lowest BCUT2D eigenvalue weighted by molar-refractivity contribution is 0.660. The van der Waals surface area contributed by atoms with Crippen molar-refractivity contribution in [1.82, 2.24) is 19.3 Å². The van der Waals surface area contributed by atoms with Crippen molar-refractivity contribution >= 4 is 22.8 Å². The molecule has 0 aliphatic rings. The molecule has 21 heavy (non-hydrogen) atoms. The van der Waals surface area contributed by atoms with Gasteiger partial charge in [-0.2, -0.15) is 5.10 Å². The second-order valence-electron chi connectivity index (χ2n) is 5.36. The van der Waals surface area contributed by atoms with E-state index in [4.69, 9.17) is 16.6 Å². The van der Waals surface area contributed by atoms with E-state index in [0.29, 0.717) is 5.88 Å². The number of fused-ring (bicyclic) bond motifs is 1. The average Bonchev–Trinajstić information content (AvgIpc) is 2.99. The smallest absolute Gasteiger partial charge is 0.163 e. The normalized spacial score (nSPS) is 11.5. The zero-order chi connectivity index (χ0) is 15.1. The van der Waals surface area contributed by atoms with Crippen molar-refractivity contribution in [1.29, 1.82) is 0 Å². The number of alkyl halides is 1. The third kappa shape index (κ3) is 2.14. The molecule has 0 radical (unpaired) electrons. The molecule has 3 aromatic rings. The SMILES string of the molecule is CCn1nc(C)c2nc(CCl)n(-c3cc(C)ccc3C)c21. The maximum atomic E-state index is 6.14. The Labute approximate surface area is 129 Å². The lowest BCUT2D eigenvalue weighted by Crippen LogP contribution is -2.07. The van der Waals surface area contributed by atoms with Gasteiger partial charge in [-0.1, -0.05) is 12.1 Å². The molecule has 0 atom stereocenters. The van der Waals surface area contributed by atoms with Crippen molar-refractivity contribution in [3.05, 3.63) is 40.8 Å². The molecule has 0 amide bonds. The number of aromatic nitrogens is 4. The van der Waals surface area contributed by atoms with E-state index in [1.165, 1.54) is 11.1 Å². The monoisotopic (exact) mass is 302 g/mol. The molecule has 2 heterocycles. The van der Waals surface area contributed by atoms with Crippen LogP contribution in [-0.2, 0) is 12.4 Å². The maximum absolute atomic E-state index is 6.14. The number of benzene rings is 1. The van der Waals surface area contributed by atoms with Gasteiger partial charge in [0.2, 0.25) is 0 Å². The summed E-state index contributed by atoms with van der Waals surface area (Å²) in [5.74, 6) is 1.24. The van der Waals surface area contributed by atoms with E-state index in [1.54, 1.807) is 0 Å². The molecule has 0 saturated carbocycles. The third-order valence-electron chi connectivity index (χ3n) is 3.81. The Bertz CT molecular complexity index is 813. The first kappa shape index (κ1) is 14.1. The molecule has 5 heteroatoms. The van der Waals surface area contributed by atoms with Gasteiger partial charge in [-0.3, -0.25) is 4.57 Å². The summed E-state index contributed by atoms with van der Waals surface area (Å²) in [5, 5.41) is 4.57. The van der Waals surface area contributed by atoms with Gasteiger partial charge < -0.3 is 0 Å². The molecule has 110 valence electrons. The average molecular weight is 303 g/mol. The number of imidazole rings is 1. The molecular formula is C16H19ClN4. The van der Waals surface area contributed by atoms with Crippen LogP contribution in [0.1, 0.15) is 29.6 Å². The Hall–Kier alpha value is -1.81. The van der Waals surface area contributed by atoms with E-state index in [-0.39, 0.29) is 0 Å². The summed E-state index contributed by atoms with van der Waals surface area (Å²) in [7, 11) is 0. The molecule has 0 spiro atoms. The Balaban J connectivity index is 2.42. The number of hydrogen-bond acceptors (Lipinski definition) is 2.